The quantitative estimate of drug-likeness (QED) is 0.0442. The molecule has 0 radical (unpaired) electrons. The van der Waals surface area contributed by atoms with Crippen LogP contribution in [0.3, 0.4) is 0 Å². The Bertz CT molecular complexity index is 2500. The molecular formula is C63H97N7O13S. The number of carbonyl (C=O) groups excluding carboxylic acids is 8. The standard InChI is InChI=1S/C63H97N7O13S/c1-14-41(6)57(52(80-11)36-55(74)70-33-23-28-50(70)59(81-12)42(7)60(76)65-43(8)58(75)45-24-19-18-20-25-45)68(9)61(77)47(39(2)3)35-51(71)56(40(4)5)69(10)63(79)82-37-44-29-30-48(67-62(78)83-46-26-21-16-15-17-22-27-46)49(34-44)66-53(72)31-32-64-54(73)38-84-13/h18-21,24-26,29-30,34,39-43,46-47,50,52,56-59,75H,14-17,22-23,27-28,31-33,35-38H2,1-13H3,(H,64,73)(H,65,76)(H,66,72)(H,67,78)/b26-21+/t41-,42+,43+,46?,47+,50-,52+,56-,57-,58+,59+/m0/s1. The number of rotatable bonds is 31. The number of aliphatic hydroxyl groups excluding tert-OH is 1. The number of anilines is 2. The summed E-state index contributed by atoms with van der Waals surface area (Å²) in [7, 11) is 6.21. The Morgan fingerprint density at radius 2 is 1.52 bits per heavy atom. The molecule has 2 aromatic carbocycles. The number of hydrogen-bond donors (Lipinski definition) is 5. The van der Waals surface area contributed by atoms with E-state index in [2.05, 4.69) is 21.3 Å². The Kier molecular flexibility index (Phi) is 29.7. The van der Waals surface area contributed by atoms with Crippen LogP contribution in [0.2, 0.25) is 0 Å². The summed E-state index contributed by atoms with van der Waals surface area (Å²) in [5, 5.41) is 22.1. The molecule has 2 aliphatic rings. The van der Waals surface area contributed by atoms with Crippen molar-refractivity contribution in [2.24, 2.45) is 29.6 Å². The number of thioether (sulfide) groups is 1. The molecular weight excluding hydrogens is 1090 g/mol. The van der Waals surface area contributed by atoms with Crippen LogP contribution < -0.4 is 21.3 Å². The first kappa shape index (κ1) is 70.5. The molecule has 0 aromatic heterocycles. The Labute approximate surface area is 503 Å². The number of methoxy groups -OCH3 is 2. The summed E-state index contributed by atoms with van der Waals surface area (Å²) in [6, 6.07) is 11.3. The monoisotopic (exact) mass is 1190 g/mol. The highest BCUT2D eigenvalue weighted by Gasteiger charge is 2.44. The third-order valence-electron chi connectivity index (χ3n) is 16.3. The summed E-state index contributed by atoms with van der Waals surface area (Å²) >= 11 is 1.36. The van der Waals surface area contributed by atoms with Crippen molar-refractivity contribution in [3.8, 4) is 0 Å². The third kappa shape index (κ3) is 20.9. The van der Waals surface area contributed by atoms with Gasteiger partial charge in [0.25, 0.3) is 0 Å². The second kappa shape index (κ2) is 35.4. The molecule has 5 N–H and O–H groups in total. The number of likely N-dealkylation sites (N-methyl/N-ethyl adjacent to an activating group) is 2. The minimum absolute atomic E-state index is 0.0531. The maximum atomic E-state index is 14.9. The number of hydrogen-bond acceptors (Lipinski definition) is 14. The number of likely N-dealkylation sites (tertiary alicyclic amines) is 1. The summed E-state index contributed by atoms with van der Waals surface area (Å²) < 4.78 is 23.6. The largest absolute Gasteiger partial charge is 0.445 e. The fraction of sp³-hybridized carbons (Fsp3) is 0.651. The summed E-state index contributed by atoms with van der Waals surface area (Å²) in [5.74, 6) is -3.86. The van der Waals surface area contributed by atoms with E-state index >= 15 is 0 Å². The fourth-order valence-electron chi connectivity index (χ4n) is 11.4. The zero-order chi connectivity index (χ0) is 62.2. The number of nitrogens with zero attached hydrogens (tertiary/aromatic N) is 3. The highest BCUT2D eigenvalue weighted by Crippen LogP contribution is 2.32. The van der Waals surface area contributed by atoms with Crippen molar-refractivity contribution in [1.82, 2.24) is 25.3 Å². The molecule has 0 saturated carbocycles. The van der Waals surface area contributed by atoms with Gasteiger partial charge < -0.3 is 54.7 Å². The van der Waals surface area contributed by atoms with Crippen molar-refractivity contribution in [1.29, 1.82) is 0 Å². The molecule has 0 bridgehead atoms. The molecule has 4 rings (SSSR count). The van der Waals surface area contributed by atoms with Gasteiger partial charge in [-0.1, -0.05) is 104 Å². The number of ether oxygens (including phenoxy) is 4. The van der Waals surface area contributed by atoms with Gasteiger partial charge in [0.1, 0.15) is 12.7 Å². The Hall–Kier alpha value is -6.03. The lowest BCUT2D eigenvalue weighted by atomic mass is 9.83. The van der Waals surface area contributed by atoms with E-state index in [9.17, 15) is 43.5 Å². The van der Waals surface area contributed by atoms with E-state index in [0.29, 0.717) is 43.4 Å². The van der Waals surface area contributed by atoms with E-state index in [1.165, 1.54) is 37.9 Å². The normalized spacial score (nSPS) is 18.9. The SMILES string of the molecule is CC[C@H](C)[C@@H]([C@@H](CC(=O)N1CCC[C@H]1[C@H](OC)[C@@H](C)C(=O)N[C@H](C)[C@@H](O)c1ccccc1)OC)N(C)C(=O)[C@H](CC(=O)[C@H](C(C)C)N(C)C(=O)OCc1ccc(NC(=O)OC2/C=C/CCCCC2)c(NC(=O)CCNC(=O)CSC)c1)C(C)C. The highest BCUT2D eigenvalue weighted by atomic mass is 32.2. The molecule has 1 aliphatic heterocycles. The Morgan fingerprint density at radius 1 is 0.810 bits per heavy atom. The lowest BCUT2D eigenvalue weighted by molar-refractivity contribution is -0.149. The van der Waals surface area contributed by atoms with Crippen molar-refractivity contribution in [3.05, 3.63) is 71.8 Å². The van der Waals surface area contributed by atoms with Gasteiger partial charge >= 0.3 is 12.2 Å². The van der Waals surface area contributed by atoms with E-state index in [-0.39, 0.29) is 96.7 Å². The first-order chi connectivity index (χ1) is 40.0. The predicted octanol–water partition coefficient (Wildman–Crippen LogP) is 8.91. The van der Waals surface area contributed by atoms with Crippen LogP contribution >= 0.6 is 11.8 Å². The van der Waals surface area contributed by atoms with Gasteiger partial charge in [-0.15, -0.1) is 0 Å². The smallest absolute Gasteiger partial charge is 0.412 e. The van der Waals surface area contributed by atoms with Crippen LogP contribution in [-0.2, 0) is 54.3 Å². The maximum absolute atomic E-state index is 14.9. The molecule has 11 atom stereocenters. The molecule has 2 aromatic rings. The van der Waals surface area contributed by atoms with Crippen LogP contribution in [0.4, 0.5) is 21.0 Å². The van der Waals surface area contributed by atoms with Crippen LogP contribution in [0.1, 0.15) is 143 Å². The summed E-state index contributed by atoms with van der Waals surface area (Å²) in [6.45, 7) is 15.1. The van der Waals surface area contributed by atoms with Crippen LogP contribution in [0.25, 0.3) is 0 Å². The number of ketones is 1. The minimum Gasteiger partial charge on any atom is -0.445 e. The molecule has 1 saturated heterocycles. The van der Waals surface area contributed by atoms with Crippen molar-refractivity contribution < 1.29 is 62.4 Å². The van der Waals surface area contributed by atoms with Gasteiger partial charge in [0.05, 0.1) is 71.9 Å². The summed E-state index contributed by atoms with van der Waals surface area (Å²) in [5.41, 5.74) is 1.58. The van der Waals surface area contributed by atoms with Crippen molar-refractivity contribution in [2.75, 3.05) is 64.0 Å². The summed E-state index contributed by atoms with van der Waals surface area (Å²) in [6.07, 6.45) is 7.71. The number of carbonyl (C=O) groups is 8. The fourth-order valence-corrected chi connectivity index (χ4v) is 11.8. The van der Waals surface area contributed by atoms with Gasteiger partial charge in [-0.05, 0) is 98.8 Å². The van der Waals surface area contributed by atoms with Crippen LogP contribution in [0.15, 0.2) is 60.7 Å². The molecule has 0 spiro atoms. The van der Waals surface area contributed by atoms with Crippen LogP contribution in [-0.4, -0.2) is 163 Å². The van der Waals surface area contributed by atoms with E-state index < -0.39 is 78.5 Å². The Morgan fingerprint density at radius 3 is 2.17 bits per heavy atom. The van der Waals surface area contributed by atoms with E-state index in [1.807, 2.05) is 71.9 Å². The second-order valence-corrected chi connectivity index (χ2v) is 24.1. The van der Waals surface area contributed by atoms with E-state index in [1.54, 1.807) is 67.3 Å². The Balaban J connectivity index is 1.46. The molecule has 1 fully saturated rings. The minimum atomic E-state index is -0.981. The van der Waals surface area contributed by atoms with Gasteiger partial charge in [-0.25, -0.2) is 9.59 Å². The van der Waals surface area contributed by atoms with Crippen molar-refractivity contribution in [2.45, 2.75) is 181 Å². The van der Waals surface area contributed by atoms with Crippen LogP contribution in [0.5, 0.6) is 0 Å². The van der Waals surface area contributed by atoms with Gasteiger partial charge in [0.15, 0.2) is 5.78 Å². The van der Waals surface area contributed by atoms with Gasteiger partial charge in [-0.2, -0.15) is 11.8 Å². The highest BCUT2D eigenvalue weighted by molar-refractivity contribution is 7.99. The zero-order valence-corrected chi connectivity index (χ0v) is 52.8. The molecule has 84 heavy (non-hydrogen) atoms. The maximum Gasteiger partial charge on any atom is 0.412 e. The van der Waals surface area contributed by atoms with Crippen molar-refractivity contribution >= 4 is 70.6 Å². The summed E-state index contributed by atoms with van der Waals surface area (Å²) in [4.78, 5) is 115. The number of nitrogens with one attached hydrogen (secondary N) is 4. The van der Waals surface area contributed by atoms with E-state index in [0.717, 1.165) is 25.7 Å². The lowest BCUT2D eigenvalue weighted by Gasteiger charge is -2.41. The number of aliphatic hydroxyl groups is 1. The third-order valence-corrected chi connectivity index (χ3v) is 16.9. The molecule has 468 valence electrons. The molecule has 21 heteroatoms. The average molecular weight is 1190 g/mol. The lowest BCUT2D eigenvalue weighted by Crippen LogP contribution is -2.55. The van der Waals surface area contributed by atoms with Gasteiger partial charge in [0, 0.05) is 60.2 Å². The van der Waals surface area contributed by atoms with Crippen LogP contribution in [0, 0.1) is 29.6 Å². The topological polar surface area (TPSA) is 252 Å². The predicted molar refractivity (Wildman–Crippen MR) is 327 cm³/mol. The second-order valence-electron chi connectivity index (χ2n) is 23.2. The molecule has 7 amide bonds. The average Bonchev–Trinajstić information content (AvgIpc) is 3.44. The number of allylic oxidation sites excluding steroid dienone is 1. The number of amides is 7. The van der Waals surface area contributed by atoms with Gasteiger partial charge in [0.2, 0.25) is 29.5 Å². The molecule has 20 nitrogen and oxygen atoms in total. The first-order valence-corrected chi connectivity index (χ1v) is 31.3. The number of Topliss-reactive ketones (excluding diaryl/α,β-unsaturated/α-hetero) is 1. The van der Waals surface area contributed by atoms with Crippen molar-refractivity contribution in [3.63, 3.8) is 0 Å². The van der Waals surface area contributed by atoms with Gasteiger partial charge in [-0.3, -0.25) is 34.1 Å². The zero-order valence-electron chi connectivity index (χ0n) is 52.0. The number of benzene rings is 2. The first-order valence-electron chi connectivity index (χ1n) is 29.9. The molecule has 1 unspecified atom stereocenters. The molecule has 1 aliphatic carbocycles. The van der Waals surface area contributed by atoms with E-state index in [4.69, 9.17) is 18.9 Å². The molecule has 1 heterocycles.